The molecule has 3 heteroatoms. The van der Waals surface area contributed by atoms with E-state index in [1.807, 2.05) is 0 Å². The summed E-state index contributed by atoms with van der Waals surface area (Å²) in [6.45, 7) is 0.847. The Kier molecular flexibility index (Phi) is 4.21. The first-order valence-corrected chi connectivity index (χ1v) is 7.11. The maximum atomic E-state index is 5.61. The van der Waals surface area contributed by atoms with Crippen LogP contribution in [-0.2, 0) is 9.47 Å². The predicted molar refractivity (Wildman–Crippen MR) is 61.6 cm³/mol. The fraction of sp³-hybridized carbons (Fsp3) is 0.500. The Labute approximate surface area is 97.1 Å². The Morgan fingerprint density at radius 3 is 2.87 bits per heavy atom. The van der Waals surface area contributed by atoms with Crippen LogP contribution in [-0.4, -0.2) is 35.0 Å². The zero-order valence-electron chi connectivity index (χ0n) is 8.89. The molecule has 2 rings (SSSR count). The van der Waals surface area contributed by atoms with Crippen molar-refractivity contribution in [2.24, 2.45) is 0 Å². The first-order valence-electron chi connectivity index (χ1n) is 5.26. The van der Waals surface area contributed by atoms with Crippen LogP contribution in [0.5, 0.6) is 0 Å². The molecule has 0 spiro atoms. The van der Waals surface area contributed by atoms with E-state index >= 15 is 0 Å². The topological polar surface area (TPSA) is 18.5 Å². The molecule has 0 N–H and O–H groups in total. The number of hydrogen-bond acceptors (Lipinski definition) is 2. The van der Waals surface area contributed by atoms with Gasteiger partial charge in [-0.05, 0) is 0 Å². The van der Waals surface area contributed by atoms with Crippen molar-refractivity contribution in [2.75, 3.05) is 13.7 Å². The molecule has 2 nitrogen and oxygen atoms in total. The first kappa shape index (κ1) is 11.2. The van der Waals surface area contributed by atoms with Crippen LogP contribution >= 0.6 is 0 Å². The molecule has 0 aromatic heterocycles. The van der Waals surface area contributed by atoms with Crippen LogP contribution in [0.3, 0.4) is 0 Å². The molecule has 1 aromatic rings. The zero-order chi connectivity index (χ0) is 10.5. The molecule has 0 amide bonds. The van der Waals surface area contributed by atoms with Crippen molar-refractivity contribution in [2.45, 2.75) is 23.9 Å². The van der Waals surface area contributed by atoms with E-state index in [1.165, 1.54) is 17.3 Å². The predicted octanol–water partition coefficient (Wildman–Crippen LogP) is 1.59. The molecule has 1 aliphatic rings. The zero-order valence-corrected chi connectivity index (χ0v) is 10.6. The van der Waals surface area contributed by atoms with Crippen molar-refractivity contribution in [3.63, 3.8) is 0 Å². The Morgan fingerprint density at radius 1 is 1.33 bits per heavy atom. The molecule has 0 bridgehead atoms. The van der Waals surface area contributed by atoms with Crippen LogP contribution in [0.1, 0.15) is 12.8 Å². The van der Waals surface area contributed by atoms with E-state index in [0.717, 1.165) is 6.61 Å². The molecule has 0 saturated carbocycles. The second kappa shape index (κ2) is 5.66. The van der Waals surface area contributed by atoms with Gasteiger partial charge in [-0.2, -0.15) is 0 Å². The Balaban J connectivity index is 1.97. The van der Waals surface area contributed by atoms with Gasteiger partial charge in [0.25, 0.3) is 0 Å². The minimum absolute atomic E-state index is 0.0129. The number of methoxy groups -OCH3 is 1. The average Bonchev–Trinajstić information content (AvgIpc) is 2.31. The van der Waals surface area contributed by atoms with Gasteiger partial charge in [0.1, 0.15) is 0 Å². The molecule has 0 aliphatic carbocycles. The second-order valence-electron chi connectivity index (χ2n) is 3.59. The van der Waals surface area contributed by atoms with E-state index in [4.69, 9.17) is 9.47 Å². The third kappa shape index (κ3) is 3.05. The minimum atomic E-state index is 0.0129. The van der Waals surface area contributed by atoms with Gasteiger partial charge in [-0.1, -0.05) is 0 Å². The van der Waals surface area contributed by atoms with E-state index in [1.54, 1.807) is 7.11 Å². The van der Waals surface area contributed by atoms with Crippen LogP contribution in [0.4, 0.5) is 0 Å². The molecule has 0 unspecified atom stereocenters. The summed E-state index contributed by atoms with van der Waals surface area (Å²) in [6.07, 6.45) is 2.41. The Hall–Kier alpha value is -0.341. The molecule has 1 fully saturated rings. The van der Waals surface area contributed by atoms with E-state index in [2.05, 4.69) is 30.3 Å². The van der Waals surface area contributed by atoms with Gasteiger partial charge in [0.15, 0.2) is 0 Å². The molecule has 1 heterocycles. The monoisotopic (exact) mass is 272 g/mol. The van der Waals surface area contributed by atoms with E-state index in [0.29, 0.717) is 19.8 Å². The summed E-state index contributed by atoms with van der Waals surface area (Å²) in [5, 5.41) is 0. The molecular weight excluding hydrogens is 255 g/mol. The summed E-state index contributed by atoms with van der Waals surface area (Å²) in [7, 11) is 1.74. The quantitative estimate of drug-likeness (QED) is 0.777. The normalized spacial score (nSPS) is 26.5. The van der Waals surface area contributed by atoms with Crippen LogP contribution in [0, 0.1) is 0 Å². The summed E-state index contributed by atoms with van der Waals surface area (Å²) in [5.74, 6) is 0. The summed E-state index contributed by atoms with van der Waals surface area (Å²) < 4.78 is 12.4. The van der Waals surface area contributed by atoms with Crippen LogP contribution in [0.15, 0.2) is 30.3 Å². The molecule has 82 valence electrons. The third-order valence-corrected chi connectivity index (χ3v) is 5.22. The molecular formula is C12H16O2Se. The van der Waals surface area contributed by atoms with Crippen molar-refractivity contribution in [1.82, 2.24) is 0 Å². The third-order valence-electron chi connectivity index (χ3n) is 2.48. The van der Waals surface area contributed by atoms with E-state index in [-0.39, 0.29) is 6.29 Å². The van der Waals surface area contributed by atoms with Crippen molar-refractivity contribution >= 4 is 19.4 Å². The van der Waals surface area contributed by atoms with Gasteiger partial charge in [-0.3, -0.25) is 0 Å². The SMILES string of the molecule is CO[C@@H]1OCCC[C@H]1[Se]c1ccccc1. The van der Waals surface area contributed by atoms with Crippen LogP contribution < -0.4 is 4.46 Å². The van der Waals surface area contributed by atoms with Gasteiger partial charge in [-0.25, -0.2) is 0 Å². The van der Waals surface area contributed by atoms with Crippen molar-refractivity contribution in [3.05, 3.63) is 30.3 Å². The Morgan fingerprint density at radius 2 is 2.13 bits per heavy atom. The number of benzene rings is 1. The maximum absolute atomic E-state index is 5.61. The van der Waals surface area contributed by atoms with Gasteiger partial charge in [0.2, 0.25) is 0 Å². The van der Waals surface area contributed by atoms with Crippen LogP contribution in [0.2, 0.25) is 4.82 Å². The number of ether oxygens (including phenoxy) is 2. The average molecular weight is 271 g/mol. The van der Waals surface area contributed by atoms with E-state index in [9.17, 15) is 0 Å². The van der Waals surface area contributed by atoms with E-state index < -0.39 is 0 Å². The summed E-state index contributed by atoms with van der Waals surface area (Å²) in [4.78, 5) is 0.568. The Bertz CT molecular complexity index is 289. The van der Waals surface area contributed by atoms with Crippen molar-refractivity contribution < 1.29 is 9.47 Å². The fourth-order valence-corrected chi connectivity index (χ4v) is 4.36. The molecule has 1 saturated heterocycles. The summed E-state index contributed by atoms with van der Waals surface area (Å²) >= 11 is 0.461. The number of rotatable bonds is 3. The molecule has 0 radical (unpaired) electrons. The summed E-state index contributed by atoms with van der Waals surface area (Å²) in [6, 6.07) is 10.7. The standard InChI is InChI=1S/C12H16O2Se/c1-13-12-11(8-5-9-14-12)15-10-6-3-2-4-7-10/h2-4,6-7,11-12H,5,8-9H2,1H3/t11-,12-/m1/s1. The van der Waals surface area contributed by atoms with Crippen LogP contribution in [0.25, 0.3) is 0 Å². The van der Waals surface area contributed by atoms with Crippen molar-refractivity contribution in [1.29, 1.82) is 0 Å². The molecule has 1 aromatic carbocycles. The van der Waals surface area contributed by atoms with Gasteiger partial charge < -0.3 is 0 Å². The molecule has 15 heavy (non-hydrogen) atoms. The van der Waals surface area contributed by atoms with Gasteiger partial charge in [-0.15, -0.1) is 0 Å². The number of hydrogen-bond donors (Lipinski definition) is 0. The first-order chi connectivity index (χ1) is 7.40. The molecule has 2 atom stereocenters. The summed E-state index contributed by atoms with van der Waals surface area (Å²) in [5.41, 5.74) is 0. The van der Waals surface area contributed by atoms with Gasteiger partial charge in [0, 0.05) is 0 Å². The van der Waals surface area contributed by atoms with Gasteiger partial charge >= 0.3 is 96.9 Å². The van der Waals surface area contributed by atoms with Crippen molar-refractivity contribution in [3.8, 4) is 0 Å². The fourth-order valence-electron chi connectivity index (χ4n) is 1.74. The van der Waals surface area contributed by atoms with Gasteiger partial charge in [0.05, 0.1) is 0 Å². The molecule has 1 aliphatic heterocycles. The second-order valence-corrected chi connectivity index (χ2v) is 6.34.